The molecule has 0 N–H and O–H groups in total. The van der Waals surface area contributed by atoms with Gasteiger partial charge in [-0.15, -0.1) is 0 Å². The van der Waals surface area contributed by atoms with Gasteiger partial charge in [0.1, 0.15) is 0 Å². The van der Waals surface area contributed by atoms with E-state index in [-0.39, 0.29) is 12.2 Å². The van der Waals surface area contributed by atoms with E-state index in [0.29, 0.717) is 4.90 Å². The molecule has 0 aliphatic heterocycles. The standard InChI is InChI=1S/C10H12F3N/c1-3-14(10(11,12)13)9-6-4-5-8(2)7-9/h4-7H,3H2,1-2H3. The highest BCUT2D eigenvalue weighted by Crippen LogP contribution is 2.28. The predicted octanol–water partition coefficient (Wildman–Crippen LogP) is 3.34. The van der Waals surface area contributed by atoms with Gasteiger partial charge in [-0.25, -0.2) is 0 Å². The zero-order valence-electron chi connectivity index (χ0n) is 8.10. The van der Waals surface area contributed by atoms with Crippen LogP contribution in [-0.4, -0.2) is 12.8 Å². The molecular formula is C10H12F3N. The molecule has 0 unspecified atom stereocenters. The van der Waals surface area contributed by atoms with Crippen LogP contribution in [0, 0.1) is 6.92 Å². The van der Waals surface area contributed by atoms with Crippen molar-refractivity contribution in [2.45, 2.75) is 20.1 Å². The van der Waals surface area contributed by atoms with Gasteiger partial charge in [0, 0.05) is 12.2 Å². The molecule has 14 heavy (non-hydrogen) atoms. The molecule has 1 nitrogen and oxygen atoms in total. The molecule has 0 fully saturated rings. The van der Waals surface area contributed by atoms with Crippen molar-refractivity contribution in [1.82, 2.24) is 0 Å². The number of hydrogen-bond donors (Lipinski definition) is 0. The molecule has 0 amide bonds. The van der Waals surface area contributed by atoms with Crippen molar-refractivity contribution in [1.29, 1.82) is 0 Å². The van der Waals surface area contributed by atoms with Gasteiger partial charge in [0.2, 0.25) is 0 Å². The molecule has 1 rings (SSSR count). The summed E-state index contributed by atoms with van der Waals surface area (Å²) in [5.41, 5.74) is 1.02. The van der Waals surface area contributed by atoms with Crippen LogP contribution in [0.3, 0.4) is 0 Å². The van der Waals surface area contributed by atoms with Crippen LogP contribution in [0.2, 0.25) is 0 Å². The van der Waals surface area contributed by atoms with Crippen molar-refractivity contribution in [2.24, 2.45) is 0 Å². The molecule has 1 aromatic carbocycles. The summed E-state index contributed by atoms with van der Waals surface area (Å²) in [4.78, 5) is 0.417. The summed E-state index contributed by atoms with van der Waals surface area (Å²) in [6, 6.07) is 6.38. The summed E-state index contributed by atoms with van der Waals surface area (Å²) in [5, 5.41) is 0. The second-order valence-corrected chi connectivity index (χ2v) is 3.05. The fraction of sp³-hybridized carbons (Fsp3) is 0.400. The summed E-state index contributed by atoms with van der Waals surface area (Å²) >= 11 is 0. The van der Waals surface area contributed by atoms with E-state index >= 15 is 0 Å². The third-order valence-corrected chi connectivity index (χ3v) is 1.94. The number of benzene rings is 1. The number of aryl methyl sites for hydroxylation is 1. The zero-order valence-corrected chi connectivity index (χ0v) is 8.10. The first kappa shape index (κ1) is 10.9. The molecule has 0 bridgehead atoms. The highest BCUT2D eigenvalue weighted by molar-refractivity contribution is 5.48. The van der Waals surface area contributed by atoms with Crippen molar-refractivity contribution in [3.63, 3.8) is 0 Å². The van der Waals surface area contributed by atoms with Gasteiger partial charge in [0.15, 0.2) is 0 Å². The lowest BCUT2D eigenvalue weighted by molar-refractivity contribution is -0.128. The minimum absolute atomic E-state index is 0.0764. The Balaban J connectivity index is 3.01. The SMILES string of the molecule is CCN(c1cccc(C)c1)C(F)(F)F. The van der Waals surface area contributed by atoms with E-state index in [1.165, 1.54) is 19.1 Å². The lowest BCUT2D eigenvalue weighted by Gasteiger charge is -2.25. The van der Waals surface area contributed by atoms with E-state index in [2.05, 4.69) is 0 Å². The van der Waals surface area contributed by atoms with Crippen LogP contribution >= 0.6 is 0 Å². The molecule has 0 aliphatic rings. The second-order valence-electron chi connectivity index (χ2n) is 3.05. The van der Waals surface area contributed by atoms with Crippen LogP contribution in [0.4, 0.5) is 18.9 Å². The van der Waals surface area contributed by atoms with Crippen molar-refractivity contribution >= 4 is 5.69 Å². The van der Waals surface area contributed by atoms with E-state index in [4.69, 9.17) is 0 Å². The van der Waals surface area contributed by atoms with Crippen molar-refractivity contribution in [2.75, 3.05) is 11.4 Å². The Hall–Kier alpha value is -1.19. The number of hydrogen-bond acceptors (Lipinski definition) is 1. The van der Waals surface area contributed by atoms with Crippen LogP contribution < -0.4 is 4.90 Å². The molecule has 0 heterocycles. The van der Waals surface area contributed by atoms with E-state index in [9.17, 15) is 13.2 Å². The van der Waals surface area contributed by atoms with E-state index in [0.717, 1.165) is 5.56 Å². The average molecular weight is 203 g/mol. The minimum atomic E-state index is -4.30. The Bertz CT molecular complexity index is 306. The van der Waals surface area contributed by atoms with Crippen LogP contribution in [-0.2, 0) is 0 Å². The average Bonchev–Trinajstić information content (AvgIpc) is 2.02. The predicted molar refractivity (Wildman–Crippen MR) is 50.3 cm³/mol. The van der Waals surface area contributed by atoms with Crippen LogP contribution in [0.5, 0.6) is 0 Å². The largest absolute Gasteiger partial charge is 0.484 e. The summed E-state index contributed by atoms with van der Waals surface area (Å²) in [5.74, 6) is 0. The normalized spacial score (nSPS) is 11.5. The first-order valence-electron chi connectivity index (χ1n) is 4.36. The van der Waals surface area contributed by atoms with Gasteiger partial charge in [-0.3, -0.25) is 4.90 Å². The maximum Gasteiger partial charge on any atom is 0.484 e. The Kier molecular flexibility index (Phi) is 3.03. The topological polar surface area (TPSA) is 3.24 Å². The Morgan fingerprint density at radius 3 is 2.36 bits per heavy atom. The minimum Gasteiger partial charge on any atom is -0.284 e. The summed E-state index contributed by atoms with van der Waals surface area (Å²) < 4.78 is 37.4. The van der Waals surface area contributed by atoms with E-state index in [1.54, 1.807) is 19.1 Å². The lowest BCUT2D eigenvalue weighted by atomic mass is 10.2. The molecule has 0 atom stereocenters. The number of alkyl halides is 3. The quantitative estimate of drug-likeness (QED) is 0.666. The Labute approximate surface area is 81.1 Å². The molecule has 0 saturated carbocycles. The molecule has 0 spiro atoms. The molecule has 0 radical (unpaired) electrons. The highest BCUT2D eigenvalue weighted by atomic mass is 19.4. The summed E-state index contributed by atoms with van der Waals surface area (Å²) in [6.45, 7) is 3.18. The smallest absolute Gasteiger partial charge is 0.284 e. The fourth-order valence-corrected chi connectivity index (χ4v) is 1.30. The van der Waals surface area contributed by atoms with Crippen LogP contribution in [0.1, 0.15) is 12.5 Å². The third-order valence-electron chi connectivity index (χ3n) is 1.94. The van der Waals surface area contributed by atoms with Crippen molar-refractivity contribution < 1.29 is 13.2 Å². The Morgan fingerprint density at radius 2 is 1.93 bits per heavy atom. The number of anilines is 1. The van der Waals surface area contributed by atoms with E-state index < -0.39 is 6.30 Å². The first-order valence-corrected chi connectivity index (χ1v) is 4.36. The first-order chi connectivity index (χ1) is 6.45. The molecule has 0 aromatic heterocycles. The zero-order chi connectivity index (χ0) is 10.8. The lowest BCUT2D eigenvalue weighted by Crippen LogP contribution is -2.37. The number of halogens is 3. The maximum atomic E-state index is 12.5. The third kappa shape index (κ3) is 2.40. The second kappa shape index (κ2) is 3.90. The van der Waals surface area contributed by atoms with Gasteiger partial charge < -0.3 is 0 Å². The van der Waals surface area contributed by atoms with Crippen molar-refractivity contribution in [3.8, 4) is 0 Å². The van der Waals surface area contributed by atoms with Gasteiger partial charge in [0.05, 0.1) is 0 Å². The van der Waals surface area contributed by atoms with Crippen LogP contribution in [0.25, 0.3) is 0 Å². The number of nitrogens with zero attached hydrogens (tertiary/aromatic N) is 1. The molecule has 0 aliphatic carbocycles. The molecule has 1 aromatic rings. The number of rotatable bonds is 2. The fourth-order valence-electron chi connectivity index (χ4n) is 1.30. The van der Waals surface area contributed by atoms with Crippen LogP contribution in [0.15, 0.2) is 24.3 Å². The summed E-state index contributed by atoms with van der Waals surface area (Å²) in [7, 11) is 0. The van der Waals surface area contributed by atoms with Gasteiger partial charge >= 0.3 is 6.30 Å². The van der Waals surface area contributed by atoms with Crippen molar-refractivity contribution in [3.05, 3.63) is 29.8 Å². The van der Waals surface area contributed by atoms with E-state index in [1.807, 2.05) is 0 Å². The van der Waals surface area contributed by atoms with Gasteiger partial charge in [-0.05, 0) is 31.5 Å². The maximum absolute atomic E-state index is 12.5. The molecule has 4 heteroatoms. The highest BCUT2D eigenvalue weighted by Gasteiger charge is 2.36. The van der Waals surface area contributed by atoms with Gasteiger partial charge in [-0.2, -0.15) is 13.2 Å². The van der Waals surface area contributed by atoms with Gasteiger partial charge in [-0.1, -0.05) is 12.1 Å². The molecule has 78 valence electrons. The Morgan fingerprint density at radius 1 is 1.29 bits per heavy atom. The molecular weight excluding hydrogens is 191 g/mol. The summed E-state index contributed by atoms with van der Waals surface area (Å²) in [6.07, 6.45) is -4.30. The molecule has 0 saturated heterocycles. The monoisotopic (exact) mass is 203 g/mol. The van der Waals surface area contributed by atoms with Gasteiger partial charge in [0.25, 0.3) is 0 Å².